The van der Waals surface area contributed by atoms with Crippen LogP contribution >= 0.6 is 23.4 Å². The molecule has 1 aliphatic rings. The molecule has 0 spiro atoms. The molecule has 1 atom stereocenters. The van der Waals surface area contributed by atoms with Gasteiger partial charge in [-0.25, -0.2) is 14.8 Å². The molecule has 2 aromatic rings. The van der Waals surface area contributed by atoms with Crippen LogP contribution in [-0.2, 0) is 9.53 Å². The van der Waals surface area contributed by atoms with Gasteiger partial charge in [-0.15, -0.1) is 0 Å². The van der Waals surface area contributed by atoms with Crippen molar-refractivity contribution in [2.75, 3.05) is 50.4 Å². The molecule has 0 radical (unpaired) electrons. The van der Waals surface area contributed by atoms with Crippen molar-refractivity contribution in [3.63, 3.8) is 0 Å². The molecule has 10 heteroatoms. The number of hydrazine groups is 1. The lowest BCUT2D eigenvalue weighted by Gasteiger charge is -2.41. The SMILES string of the molecule is COC(=O)c1cc(NN2CCN(c3ccccc3Cl)CC2C(=O)SC)c(OC)nc1C. The van der Waals surface area contributed by atoms with Gasteiger partial charge in [-0.1, -0.05) is 35.5 Å². The van der Waals surface area contributed by atoms with E-state index in [1.807, 2.05) is 29.3 Å². The number of benzene rings is 1. The molecule has 1 N–H and O–H groups in total. The number of carbonyl (C=O) groups excluding carboxylic acids is 2. The smallest absolute Gasteiger partial charge is 0.339 e. The highest BCUT2D eigenvalue weighted by Crippen LogP contribution is 2.30. The third-order valence-corrected chi connectivity index (χ3v) is 6.08. The second-order valence-corrected chi connectivity index (χ2v) is 8.13. The second kappa shape index (κ2) is 10.2. The Morgan fingerprint density at radius 3 is 2.65 bits per heavy atom. The summed E-state index contributed by atoms with van der Waals surface area (Å²) in [6.45, 7) is 3.36. The van der Waals surface area contributed by atoms with Gasteiger partial charge in [-0.3, -0.25) is 4.79 Å². The topological polar surface area (TPSA) is 84.0 Å². The number of piperazine rings is 1. The van der Waals surface area contributed by atoms with Gasteiger partial charge in [-0.05, 0) is 31.4 Å². The minimum absolute atomic E-state index is 0.0106. The van der Waals surface area contributed by atoms with E-state index in [0.717, 1.165) is 5.69 Å². The minimum atomic E-state index is -0.490. The third-order valence-electron chi connectivity index (χ3n) is 5.09. The van der Waals surface area contributed by atoms with Crippen molar-refractivity contribution < 1.29 is 19.1 Å². The predicted octanol–water partition coefficient (Wildman–Crippen LogP) is 3.25. The van der Waals surface area contributed by atoms with Gasteiger partial charge in [0.15, 0.2) is 0 Å². The average molecular weight is 465 g/mol. The van der Waals surface area contributed by atoms with E-state index in [1.54, 1.807) is 19.2 Å². The van der Waals surface area contributed by atoms with Crippen LogP contribution in [0, 0.1) is 6.92 Å². The summed E-state index contributed by atoms with van der Waals surface area (Å²) in [5.74, 6) is -0.162. The number of hydrogen-bond acceptors (Lipinski definition) is 9. The van der Waals surface area contributed by atoms with Crippen molar-refractivity contribution in [2.45, 2.75) is 13.0 Å². The highest BCUT2D eigenvalue weighted by molar-refractivity contribution is 8.13. The van der Waals surface area contributed by atoms with Crippen LogP contribution in [0.25, 0.3) is 0 Å². The number of nitrogens with zero attached hydrogens (tertiary/aromatic N) is 3. The Balaban J connectivity index is 1.89. The number of thioether (sulfide) groups is 1. The number of ether oxygens (including phenoxy) is 2. The Kier molecular flexibility index (Phi) is 7.64. The summed E-state index contributed by atoms with van der Waals surface area (Å²) in [4.78, 5) is 31.3. The maximum Gasteiger partial charge on any atom is 0.339 e. The Labute approximate surface area is 190 Å². The Bertz CT molecular complexity index is 974. The van der Waals surface area contributed by atoms with E-state index < -0.39 is 12.0 Å². The zero-order valence-corrected chi connectivity index (χ0v) is 19.4. The largest absolute Gasteiger partial charge is 0.479 e. The number of halogens is 1. The molecule has 0 bridgehead atoms. The number of pyridine rings is 1. The summed E-state index contributed by atoms with van der Waals surface area (Å²) < 4.78 is 10.2. The van der Waals surface area contributed by atoms with E-state index in [-0.39, 0.29) is 5.12 Å². The molecule has 8 nitrogen and oxygen atoms in total. The van der Waals surface area contributed by atoms with E-state index in [9.17, 15) is 9.59 Å². The number of methoxy groups -OCH3 is 2. The molecule has 1 unspecified atom stereocenters. The fourth-order valence-corrected chi connectivity index (χ4v) is 4.20. The van der Waals surface area contributed by atoms with Gasteiger partial charge < -0.3 is 19.8 Å². The van der Waals surface area contributed by atoms with Gasteiger partial charge in [0.1, 0.15) is 11.7 Å². The van der Waals surface area contributed by atoms with Crippen molar-refractivity contribution >= 4 is 45.8 Å². The molecule has 0 amide bonds. The number of nitrogens with one attached hydrogen (secondary N) is 1. The number of esters is 1. The van der Waals surface area contributed by atoms with Crippen LogP contribution in [-0.4, -0.2) is 67.2 Å². The molecule has 0 saturated carbocycles. The second-order valence-electron chi connectivity index (χ2n) is 6.91. The zero-order chi connectivity index (χ0) is 22.5. The molecule has 0 aliphatic carbocycles. The Morgan fingerprint density at radius 1 is 1.26 bits per heavy atom. The summed E-state index contributed by atoms with van der Waals surface area (Å²) in [7, 11) is 2.82. The van der Waals surface area contributed by atoms with Crippen molar-refractivity contribution in [1.82, 2.24) is 9.99 Å². The fraction of sp³-hybridized carbons (Fsp3) is 0.381. The zero-order valence-electron chi connectivity index (χ0n) is 17.8. The summed E-state index contributed by atoms with van der Waals surface area (Å²) in [6.07, 6.45) is 1.76. The lowest BCUT2D eigenvalue weighted by molar-refractivity contribution is -0.115. The Hall–Kier alpha value is -2.49. The van der Waals surface area contributed by atoms with E-state index in [2.05, 4.69) is 15.3 Å². The first-order valence-corrected chi connectivity index (χ1v) is 11.2. The number of para-hydroxylation sites is 1. The Morgan fingerprint density at radius 2 is 2.00 bits per heavy atom. The van der Waals surface area contributed by atoms with Crippen molar-refractivity contribution in [3.05, 3.63) is 46.6 Å². The highest BCUT2D eigenvalue weighted by atomic mass is 35.5. The molecule has 1 aromatic heterocycles. The van der Waals surface area contributed by atoms with Crippen LogP contribution < -0.4 is 15.1 Å². The van der Waals surface area contributed by atoms with E-state index in [1.165, 1.54) is 26.0 Å². The average Bonchev–Trinajstić information content (AvgIpc) is 2.79. The molecular formula is C21H25ClN4O4S. The first-order valence-electron chi connectivity index (χ1n) is 9.64. The number of carbonyl (C=O) groups is 2. The monoisotopic (exact) mass is 464 g/mol. The minimum Gasteiger partial charge on any atom is -0.479 e. The van der Waals surface area contributed by atoms with Gasteiger partial charge in [0.25, 0.3) is 0 Å². The van der Waals surface area contributed by atoms with E-state index in [4.69, 9.17) is 21.1 Å². The van der Waals surface area contributed by atoms with Crippen LogP contribution in [0.15, 0.2) is 30.3 Å². The number of aryl methyl sites for hydroxylation is 1. The van der Waals surface area contributed by atoms with Crippen LogP contribution in [0.1, 0.15) is 16.1 Å². The highest BCUT2D eigenvalue weighted by Gasteiger charge is 2.33. The van der Waals surface area contributed by atoms with Crippen LogP contribution in [0.3, 0.4) is 0 Å². The lowest BCUT2D eigenvalue weighted by Crippen LogP contribution is -2.58. The van der Waals surface area contributed by atoms with Crippen molar-refractivity contribution in [3.8, 4) is 5.88 Å². The molecular weight excluding hydrogens is 440 g/mol. The molecule has 1 fully saturated rings. The van der Waals surface area contributed by atoms with Gasteiger partial charge in [-0.2, -0.15) is 0 Å². The standard InChI is InChI=1S/C21H25ClN4O4S/c1-13-14(20(27)30-3)11-16(19(23-13)29-2)24-26-10-9-25(12-18(26)21(28)31-4)17-8-6-5-7-15(17)22/h5-8,11,18,24H,9-10,12H2,1-4H3. The summed E-state index contributed by atoms with van der Waals surface area (Å²) in [5.41, 5.74) is 5.44. The fourth-order valence-electron chi connectivity index (χ4n) is 3.47. The molecule has 166 valence electrons. The van der Waals surface area contributed by atoms with Crippen LogP contribution in [0.2, 0.25) is 5.02 Å². The molecule has 1 saturated heterocycles. The number of aromatic nitrogens is 1. The summed E-state index contributed by atoms with van der Waals surface area (Å²) >= 11 is 7.54. The van der Waals surface area contributed by atoms with E-state index >= 15 is 0 Å². The quantitative estimate of drug-likeness (QED) is 0.647. The van der Waals surface area contributed by atoms with Crippen LogP contribution in [0.4, 0.5) is 11.4 Å². The third kappa shape index (κ3) is 5.06. The molecule has 31 heavy (non-hydrogen) atoms. The molecule has 1 aromatic carbocycles. The molecule has 2 heterocycles. The lowest BCUT2D eigenvalue weighted by atomic mass is 10.1. The normalized spacial score (nSPS) is 16.7. The van der Waals surface area contributed by atoms with Gasteiger partial charge in [0.2, 0.25) is 11.0 Å². The maximum absolute atomic E-state index is 12.8. The predicted molar refractivity (Wildman–Crippen MR) is 123 cm³/mol. The molecule has 3 rings (SSSR count). The van der Waals surface area contributed by atoms with Gasteiger partial charge in [0, 0.05) is 19.6 Å². The first kappa shape index (κ1) is 23.2. The maximum atomic E-state index is 12.8. The van der Waals surface area contributed by atoms with Gasteiger partial charge in [0.05, 0.1) is 36.2 Å². The summed E-state index contributed by atoms with van der Waals surface area (Å²) in [6, 6.07) is 8.77. The molecule has 1 aliphatic heterocycles. The van der Waals surface area contributed by atoms with E-state index in [0.29, 0.717) is 47.5 Å². The first-order chi connectivity index (χ1) is 14.9. The number of anilines is 2. The van der Waals surface area contributed by atoms with Crippen molar-refractivity contribution in [2.24, 2.45) is 0 Å². The van der Waals surface area contributed by atoms with Crippen molar-refractivity contribution in [1.29, 1.82) is 0 Å². The summed E-state index contributed by atoms with van der Waals surface area (Å²) in [5, 5.41) is 2.50. The number of hydrogen-bond donors (Lipinski definition) is 1. The van der Waals surface area contributed by atoms with Gasteiger partial charge >= 0.3 is 5.97 Å². The number of rotatable bonds is 6. The van der Waals surface area contributed by atoms with Crippen LogP contribution in [0.5, 0.6) is 5.88 Å².